The fourth-order valence-electron chi connectivity index (χ4n) is 1.66. The molecule has 1 heterocycles. The van der Waals surface area contributed by atoms with Crippen molar-refractivity contribution in [2.75, 3.05) is 6.54 Å². The molecule has 0 aromatic carbocycles. The average Bonchev–Trinajstić information content (AvgIpc) is 2.43. The van der Waals surface area contributed by atoms with Gasteiger partial charge < -0.3 is 10.6 Å². The maximum absolute atomic E-state index is 12.4. The first-order valence-electron chi connectivity index (χ1n) is 6.35. The number of hydrogen-bond acceptors (Lipinski definition) is 4. The number of nitrogens with zero attached hydrogens (tertiary/aromatic N) is 3. The van der Waals surface area contributed by atoms with Crippen molar-refractivity contribution in [2.24, 2.45) is 5.73 Å². The molecule has 0 aliphatic rings. The Morgan fingerprint density at radius 1 is 1.63 bits per heavy atom. The van der Waals surface area contributed by atoms with E-state index in [1.807, 2.05) is 19.1 Å². The predicted molar refractivity (Wildman–Crippen MR) is 72.8 cm³/mol. The smallest absolute Gasteiger partial charge is 0.242 e. The standard InChI is InChI=1S/C14H20N4O/c1-3-14(2,16)13(19)18(9-5-7-15)11-12-6-4-8-17-10-12/h4,6,8,10H,3,5,9,11,16H2,1-2H3. The maximum atomic E-state index is 12.4. The van der Waals surface area contributed by atoms with Crippen LogP contribution in [-0.4, -0.2) is 27.9 Å². The van der Waals surface area contributed by atoms with Gasteiger partial charge in [0.1, 0.15) is 0 Å². The van der Waals surface area contributed by atoms with Gasteiger partial charge in [-0.25, -0.2) is 0 Å². The number of hydrogen-bond donors (Lipinski definition) is 1. The third-order valence-corrected chi connectivity index (χ3v) is 3.10. The second kappa shape index (κ2) is 6.86. The molecule has 0 spiro atoms. The molecule has 19 heavy (non-hydrogen) atoms. The molecule has 2 N–H and O–H groups in total. The van der Waals surface area contributed by atoms with Crippen LogP contribution in [-0.2, 0) is 11.3 Å². The lowest BCUT2D eigenvalue weighted by Crippen LogP contribution is -2.52. The minimum atomic E-state index is -0.891. The van der Waals surface area contributed by atoms with E-state index in [0.29, 0.717) is 25.9 Å². The Kier molecular flexibility index (Phi) is 5.46. The van der Waals surface area contributed by atoms with Gasteiger partial charge in [-0.2, -0.15) is 5.26 Å². The van der Waals surface area contributed by atoms with E-state index in [-0.39, 0.29) is 5.91 Å². The molecule has 0 saturated heterocycles. The summed E-state index contributed by atoms with van der Waals surface area (Å²) in [6.45, 7) is 4.42. The molecule has 0 aliphatic carbocycles. The van der Waals surface area contributed by atoms with Crippen LogP contribution in [0.1, 0.15) is 32.3 Å². The normalized spacial score (nSPS) is 13.4. The first-order chi connectivity index (χ1) is 9.01. The van der Waals surface area contributed by atoms with Crippen LogP contribution in [0.25, 0.3) is 0 Å². The summed E-state index contributed by atoms with van der Waals surface area (Å²) in [6, 6.07) is 5.78. The summed E-state index contributed by atoms with van der Waals surface area (Å²) in [6.07, 6.45) is 4.25. The van der Waals surface area contributed by atoms with Crippen molar-refractivity contribution < 1.29 is 4.79 Å². The molecule has 0 fully saturated rings. The lowest BCUT2D eigenvalue weighted by Gasteiger charge is -2.30. The quantitative estimate of drug-likeness (QED) is 0.839. The van der Waals surface area contributed by atoms with Gasteiger partial charge in [0.05, 0.1) is 18.0 Å². The van der Waals surface area contributed by atoms with Crippen LogP contribution in [0.2, 0.25) is 0 Å². The minimum absolute atomic E-state index is 0.130. The van der Waals surface area contributed by atoms with Crippen molar-refractivity contribution in [3.05, 3.63) is 30.1 Å². The largest absolute Gasteiger partial charge is 0.336 e. The van der Waals surface area contributed by atoms with Crippen LogP contribution in [0.15, 0.2) is 24.5 Å². The van der Waals surface area contributed by atoms with Gasteiger partial charge in [0.25, 0.3) is 0 Å². The van der Waals surface area contributed by atoms with Crippen LogP contribution in [0.4, 0.5) is 0 Å². The van der Waals surface area contributed by atoms with Gasteiger partial charge in [-0.05, 0) is 25.0 Å². The molecule has 1 unspecified atom stereocenters. The number of nitriles is 1. The average molecular weight is 260 g/mol. The van der Waals surface area contributed by atoms with Gasteiger partial charge in [-0.15, -0.1) is 0 Å². The first-order valence-corrected chi connectivity index (χ1v) is 6.35. The highest BCUT2D eigenvalue weighted by molar-refractivity contribution is 5.85. The molecule has 1 aromatic heterocycles. The highest BCUT2D eigenvalue weighted by atomic mass is 16.2. The van der Waals surface area contributed by atoms with Crippen molar-refractivity contribution in [3.8, 4) is 6.07 Å². The van der Waals surface area contributed by atoms with Crippen molar-refractivity contribution in [1.82, 2.24) is 9.88 Å². The zero-order valence-corrected chi connectivity index (χ0v) is 11.5. The summed E-state index contributed by atoms with van der Waals surface area (Å²) in [5.74, 6) is -0.130. The second-order valence-corrected chi connectivity index (χ2v) is 4.77. The van der Waals surface area contributed by atoms with E-state index in [9.17, 15) is 4.79 Å². The van der Waals surface area contributed by atoms with E-state index in [4.69, 9.17) is 11.0 Å². The molecule has 1 aromatic rings. The van der Waals surface area contributed by atoms with Gasteiger partial charge in [-0.3, -0.25) is 9.78 Å². The summed E-state index contributed by atoms with van der Waals surface area (Å²) in [4.78, 5) is 18.0. The molecule has 1 amide bonds. The van der Waals surface area contributed by atoms with E-state index in [0.717, 1.165) is 5.56 Å². The molecule has 5 nitrogen and oxygen atoms in total. The Balaban J connectivity index is 2.83. The number of amides is 1. The number of nitrogens with two attached hydrogens (primary N) is 1. The van der Waals surface area contributed by atoms with Gasteiger partial charge in [0.15, 0.2) is 0 Å². The second-order valence-electron chi connectivity index (χ2n) is 4.77. The summed E-state index contributed by atoms with van der Waals surface area (Å²) in [5, 5.41) is 8.69. The fourth-order valence-corrected chi connectivity index (χ4v) is 1.66. The molecule has 0 saturated carbocycles. The summed E-state index contributed by atoms with van der Waals surface area (Å²) >= 11 is 0. The number of aromatic nitrogens is 1. The van der Waals surface area contributed by atoms with E-state index in [2.05, 4.69) is 11.1 Å². The third kappa shape index (κ3) is 4.34. The molecule has 0 bridgehead atoms. The molecular weight excluding hydrogens is 240 g/mol. The van der Waals surface area contributed by atoms with Gasteiger partial charge in [0, 0.05) is 25.5 Å². The Hall–Kier alpha value is -1.93. The number of pyridine rings is 1. The van der Waals surface area contributed by atoms with E-state index in [1.54, 1.807) is 24.2 Å². The summed E-state index contributed by atoms with van der Waals surface area (Å²) < 4.78 is 0. The minimum Gasteiger partial charge on any atom is -0.336 e. The molecule has 1 atom stereocenters. The number of carbonyl (C=O) groups excluding carboxylic acids is 1. The molecular formula is C14H20N4O. The van der Waals surface area contributed by atoms with Crippen molar-refractivity contribution in [1.29, 1.82) is 5.26 Å². The Morgan fingerprint density at radius 3 is 2.89 bits per heavy atom. The number of rotatable bonds is 6. The molecule has 5 heteroatoms. The highest BCUT2D eigenvalue weighted by Gasteiger charge is 2.30. The topological polar surface area (TPSA) is 83.0 Å². The summed E-state index contributed by atoms with van der Waals surface area (Å²) in [7, 11) is 0. The van der Waals surface area contributed by atoms with Crippen LogP contribution >= 0.6 is 0 Å². The van der Waals surface area contributed by atoms with Crippen molar-refractivity contribution >= 4 is 5.91 Å². The maximum Gasteiger partial charge on any atom is 0.242 e. The fraction of sp³-hybridized carbons (Fsp3) is 0.500. The van der Waals surface area contributed by atoms with Crippen LogP contribution < -0.4 is 5.73 Å². The van der Waals surface area contributed by atoms with Crippen LogP contribution in [0.5, 0.6) is 0 Å². The molecule has 0 radical (unpaired) electrons. The van der Waals surface area contributed by atoms with E-state index in [1.165, 1.54) is 0 Å². The van der Waals surface area contributed by atoms with Crippen LogP contribution in [0.3, 0.4) is 0 Å². The molecule has 0 aliphatic heterocycles. The van der Waals surface area contributed by atoms with Crippen LogP contribution in [0, 0.1) is 11.3 Å². The molecule has 102 valence electrons. The van der Waals surface area contributed by atoms with Gasteiger partial charge in [0.2, 0.25) is 5.91 Å². The first kappa shape index (κ1) is 15.1. The van der Waals surface area contributed by atoms with Crippen molar-refractivity contribution in [2.45, 2.75) is 38.8 Å². The number of carbonyl (C=O) groups is 1. The Bertz CT molecular complexity index is 450. The lowest BCUT2D eigenvalue weighted by atomic mass is 9.98. The van der Waals surface area contributed by atoms with E-state index >= 15 is 0 Å². The lowest BCUT2D eigenvalue weighted by molar-refractivity contribution is -0.137. The van der Waals surface area contributed by atoms with Gasteiger partial charge >= 0.3 is 0 Å². The van der Waals surface area contributed by atoms with Crippen molar-refractivity contribution in [3.63, 3.8) is 0 Å². The van der Waals surface area contributed by atoms with Gasteiger partial charge in [-0.1, -0.05) is 13.0 Å². The highest BCUT2D eigenvalue weighted by Crippen LogP contribution is 2.13. The Labute approximate surface area is 114 Å². The monoisotopic (exact) mass is 260 g/mol. The SMILES string of the molecule is CCC(C)(N)C(=O)N(CCC#N)Cc1cccnc1. The zero-order valence-electron chi connectivity index (χ0n) is 11.5. The zero-order chi connectivity index (χ0) is 14.3. The third-order valence-electron chi connectivity index (χ3n) is 3.10. The summed E-state index contributed by atoms with van der Waals surface area (Å²) in [5.41, 5.74) is 6.04. The molecule has 1 rings (SSSR count). The van der Waals surface area contributed by atoms with E-state index < -0.39 is 5.54 Å². The Morgan fingerprint density at radius 2 is 2.37 bits per heavy atom. The predicted octanol–water partition coefficient (Wildman–Crippen LogP) is 1.45.